The summed E-state index contributed by atoms with van der Waals surface area (Å²) in [5, 5.41) is 13.0. The number of hydrogen-bond donors (Lipinski definition) is 1. The van der Waals surface area contributed by atoms with Crippen LogP contribution in [0.3, 0.4) is 0 Å². The number of nitro groups is 1. The highest BCUT2D eigenvalue weighted by atomic mass is 19.4. The fourth-order valence-corrected chi connectivity index (χ4v) is 1.95. The highest BCUT2D eigenvalue weighted by Gasteiger charge is 2.30. The molecule has 2 rings (SSSR count). The summed E-state index contributed by atoms with van der Waals surface area (Å²) in [4.78, 5) is 22.1. The lowest BCUT2D eigenvalue weighted by Gasteiger charge is -2.15. The molecule has 0 bridgehead atoms. The van der Waals surface area contributed by atoms with Crippen molar-refractivity contribution in [2.75, 3.05) is 5.32 Å². The second-order valence-corrected chi connectivity index (χ2v) is 5.08. The van der Waals surface area contributed by atoms with E-state index >= 15 is 0 Å². The van der Waals surface area contributed by atoms with E-state index in [0.29, 0.717) is 0 Å². The van der Waals surface area contributed by atoms with Gasteiger partial charge in [-0.2, -0.15) is 13.2 Å². The molecule has 0 fully saturated rings. The standard InChI is InChI=1S/C16H13F3N2O4/c1-10(25-14-7-3-6-13(9-14)21(23)24)15(22)20-12-5-2-4-11(8-12)16(17,18)19/h2-10H,1H3,(H,20,22)/t10-/m0/s1. The zero-order chi connectivity index (χ0) is 18.6. The molecule has 0 saturated heterocycles. The number of benzene rings is 2. The van der Waals surface area contributed by atoms with E-state index in [4.69, 9.17) is 4.74 Å². The number of hydrogen-bond acceptors (Lipinski definition) is 4. The van der Waals surface area contributed by atoms with Crippen LogP contribution in [0.5, 0.6) is 5.75 Å². The molecule has 0 saturated carbocycles. The first-order chi connectivity index (χ1) is 11.7. The molecule has 1 N–H and O–H groups in total. The predicted octanol–water partition coefficient (Wildman–Crippen LogP) is 4.02. The molecule has 6 nitrogen and oxygen atoms in total. The van der Waals surface area contributed by atoms with Crippen LogP contribution in [0.15, 0.2) is 48.5 Å². The Bertz CT molecular complexity index is 793. The van der Waals surface area contributed by atoms with Crippen molar-refractivity contribution in [2.45, 2.75) is 19.2 Å². The Balaban J connectivity index is 2.06. The third kappa shape index (κ3) is 4.93. The Hall–Kier alpha value is -3.10. The zero-order valence-corrected chi connectivity index (χ0v) is 12.9. The minimum atomic E-state index is -4.52. The summed E-state index contributed by atoms with van der Waals surface area (Å²) < 4.78 is 43.3. The highest BCUT2D eigenvalue weighted by molar-refractivity contribution is 5.94. The number of carbonyl (C=O) groups is 1. The molecule has 132 valence electrons. The first kappa shape index (κ1) is 18.2. The molecule has 0 aromatic heterocycles. The third-order valence-electron chi connectivity index (χ3n) is 3.17. The molecule has 0 aliphatic heterocycles. The van der Waals surface area contributed by atoms with E-state index < -0.39 is 28.7 Å². The summed E-state index contributed by atoms with van der Waals surface area (Å²) in [6, 6.07) is 9.41. The molecule has 2 aromatic rings. The van der Waals surface area contributed by atoms with Crippen molar-refractivity contribution in [1.29, 1.82) is 0 Å². The van der Waals surface area contributed by atoms with E-state index in [1.807, 2.05) is 0 Å². The van der Waals surface area contributed by atoms with Gasteiger partial charge in [-0.3, -0.25) is 14.9 Å². The van der Waals surface area contributed by atoms with E-state index in [1.54, 1.807) is 0 Å². The molecule has 1 atom stereocenters. The third-order valence-corrected chi connectivity index (χ3v) is 3.17. The van der Waals surface area contributed by atoms with Gasteiger partial charge in [0.05, 0.1) is 16.6 Å². The van der Waals surface area contributed by atoms with E-state index in [2.05, 4.69) is 5.32 Å². The molecule has 0 heterocycles. The summed E-state index contributed by atoms with van der Waals surface area (Å²) in [5.41, 5.74) is -1.13. The number of anilines is 1. The molecule has 0 spiro atoms. The van der Waals surface area contributed by atoms with Crippen LogP contribution in [0.2, 0.25) is 0 Å². The van der Waals surface area contributed by atoms with Gasteiger partial charge in [-0.05, 0) is 31.2 Å². The molecule has 2 aromatic carbocycles. The lowest BCUT2D eigenvalue weighted by atomic mass is 10.2. The van der Waals surface area contributed by atoms with Gasteiger partial charge in [-0.1, -0.05) is 12.1 Å². The van der Waals surface area contributed by atoms with Gasteiger partial charge in [0, 0.05) is 11.8 Å². The number of non-ortho nitro benzene ring substituents is 1. The molecule has 0 unspecified atom stereocenters. The summed E-state index contributed by atoms with van der Waals surface area (Å²) in [5.74, 6) is -0.591. The van der Waals surface area contributed by atoms with E-state index in [1.165, 1.54) is 37.3 Å². The minimum Gasteiger partial charge on any atom is -0.481 e. The molecular weight excluding hydrogens is 341 g/mol. The van der Waals surface area contributed by atoms with Crippen molar-refractivity contribution in [2.24, 2.45) is 0 Å². The van der Waals surface area contributed by atoms with Crippen LogP contribution in [0.4, 0.5) is 24.5 Å². The predicted molar refractivity (Wildman–Crippen MR) is 83.3 cm³/mol. The van der Waals surface area contributed by atoms with Crippen molar-refractivity contribution in [3.63, 3.8) is 0 Å². The average Bonchev–Trinajstić information content (AvgIpc) is 2.54. The molecule has 1 amide bonds. The monoisotopic (exact) mass is 354 g/mol. The maximum absolute atomic E-state index is 12.7. The topological polar surface area (TPSA) is 81.5 Å². The van der Waals surface area contributed by atoms with E-state index in [-0.39, 0.29) is 17.1 Å². The number of nitrogens with one attached hydrogen (secondary N) is 1. The Morgan fingerprint density at radius 3 is 2.52 bits per heavy atom. The Morgan fingerprint density at radius 1 is 1.20 bits per heavy atom. The lowest BCUT2D eigenvalue weighted by Crippen LogP contribution is -2.30. The fourth-order valence-electron chi connectivity index (χ4n) is 1.95. The maximum atomic E-state index is 12.7. The van der Waals surface area contributed by atoms with Gasteiger partial charge in [-0.25, -0.2) is 0 Å². The molecule has 0 radical (unpaired) electrons. The summed E-state index contributed by atoms with van der Waals surface area (Å²) >= 11 is 0. The SMILES string of the molecule is C[C@H](Oc1cccc([N+](=O)[O-])c1)C(=O)Nc1cccc(C(F)(F)F)c1. The number of nitro benzene ring substituents is 1. The Morgan fingerprint density at radius 2 is 1.88 bits per heavy atom. The number of nitrogens with zero attached hydrogens (tertiary/aromatic N) is 1. The highest BCUT2D eigenvalue weighted by Crippen LogP contribution is 2.30. The largest absolute Gasteiger partial charge is 0.481 e. The van der Waals surface area contributed by atoms with Crippen LogP contribution in [0.1, 0.15) is 12.5 Å². The van der Waals surface area contributed by atoms with Crippen molar-refractivity contribution in [3.8, 4) is 5.75 Å². The zero-order valence-electron chi connectivity index (χ0n) is 12.9. The second-order valence-electron chi connectivity index (χ2n) is 5.08. The van der Waals surface area contributed by atoms with Gasteiger partial charge >= 0.3 is 6.18 Å². The van der Waals surface area contributed by atoms with Crippen LogP contribution in [0, 0.1) is 10.1 Å². The number of alkyl halides is 3. The van der Waals surface area contributed by atoms with Crippen LogP contribution in [0.25, 0.3) is 0 Å². The smallest absolute Gasteiger partial charge is 0.416 e. The number of rotatable bonds is 5. The van der Waals surface area contributed by atoms with Gasteiger partial charge in [0.15, 0.2) is 6.10 Å². The normalized spacial score (nSPS) is 12.3. The van der Waals surface area contributed by atoms with Crippen molar-refractivity contribution in [1.82, 2.24) is 0 Å². The van der Waals surface area contributed by atoms with Crippen molar-refractivity contribution >= 4 is 17.3 Å². The molecular formula is C16H13F3N2O4. The Kier molecular flexibility index (Phi) is 5.26. The molecule has 0 aliphatic carbocycles. The summed E-state index contributed by atoms with van der Waals surface area (Å²) in [6.07, 6.45) is -5.59. The van der Waals surface area contributed by atoms with Gasteiger partial charge < -0.3 is 10.1 Å². The number of carbonyl (C=O) groups excluding carboxylic acids is 1. The summed E-state index contributed by atoms with van der Waals surface area (Å²) in [6.45, 7) is 1.38. The average molecular weight is 354 g/mol. The van der Waals surface area contributed by atoms with Crippen molar-refractivity contribution in [3.05, 3.63) is 64.2 Å². The fraction of sp³-hybridized carbons (Fsp3) is 0.188. The number of halogens is 3. The Labute approximate surface area is 140 Å². The second kappa shape index (κ2) is 7.20. The first-order valence-electron chi connectivity index (χ1n) is 7.06. The molecule has 25 heavy (non-hydrogen) atoms. The minimum absolute atomic E-state index is 0.0330. The van der Waals surface area contributed by atoms with E-state index in [0.717, 1.165) is 18.2 Å². The van der Waals surface area contributed by atoms with Crippen LogP contribution in [-0.4, -0.2) is 16.9 Å². The number of ether oxygens (including phenoxy) is 1. The van der Waals surface area contributed by atoms with Gasteiger partial charge in [0.2, 0.25) is 0 Å². The molecule has 9 heteroatoms. The van der Waals surface area contributed by atoms with Gasteiger partial charge in [0.1, 0.15) is 5.75 Å². The molecule has 0 aliphatic rings. The van der Waals surface area contributed by atoms with Crippen LogP contribution in [-0.2, 0) is 11.0 Å². The van der Waals surface area contributed by atoms with Gasteiger partial charge in [-0.15, -0.1) is 0 Å². The van der Waals surface area contributed by atoms with Crippen LogP contribution >= 0.6 is 0 Å². The van der Waals surface area contributed by atoms with Crippen molar-refractivity contribution < 1.29 is 27.6 Å². The quantitative estimate of drug-likeness (QED) is 0.649. The number of amides is 1. The van der Waals surface area contributed by atoms with Gasteiger partial charge in [0.25, 0.3) is 11.6 Å². The van der Waals surface area contributed by atoms with Crippen LogP contribution < -0.4 is 10.1 Å². The lowest BCUT2D eigenvalue weighted by molar-refractivity contribution is -0.384. The first-order valence-corrected chi connectivity index (χ1v) is 7.06. The summed E-state index contributed by atoms with van der Waals surface area (Å²) in [7, 11) is 0. The maximum Gasteiger partial charge on any atom is 0.416 e. The van der Waals surface area contributed by atoms with E-state index in [9.17, 15) is 28.1 Å².